The number of hydrogen-bond donors (Lipinski definition) is 2. The van der Waals surface area contributed by atoms with Gasteiger partial charge in [-0.05, 0) is 79.6 Å². The van der Waals surface area contributed by atoms with Gasteiger partial charge >= 0.3 is 11.9 Å². The van der Waals surface area contributed by atoms with Gasteiger partial charge in [0.25, 0.3) is 0 Å². The molecule has 0 atom stereocenters. The van der Waals surface area contributed by atoms with Crippen molar-refractivity contribution in [2.45, 2.75) is 45.2 Å². The zero-order valence-electron chi connectivity index (χ0n) is 23.3. The predicted molar refractivity (Wildman–Crippen MR) is 160 cm³/mol. The first-order valence-corrected chi connectivity index (χ1v) is 14.2. The monoisotopic (exact) mass is 554 g/mol. The average Bonchev–Trinajstić information content (AvgIpc) is 3.38. The van der Waals surface area contributed by atoms with Crippen LogP contribution >= 0.6 is 0 Å². The molecule has 2 heterocycles. The highest BCUT2D eigenvalue weighted by Crippen LogP contribution is 2.31. The first-order valence-electron chi connectivity index (χ1n) is 14.2. The van der Waals surface area contributed by atoms with Gasteiger partial charge in [-0.15, -0.1) is 0 Å². The van der Waals surface area contributed by atoms with Crippen molar-refractivity contribution in [3.05, 3.63) is 113 Å². The van der Waals surface area contributed by atoms with Crippen LogP contribution in [0.15, 0.2) is 91.0 Å². The molecule has 0 saturated carbocycles. The van der Waals surface area contributed by atoms with Crippen LogP contribution in [0.25, 0.3) is 0 Å². The molecular weight excluding hydrogens is 516 g/mol. The minimum Gasteiger partial charge on any atom is -0.478 e. The third-order valence-corrected chi connectivity index (χ3v) is 7.71. The van der Waals surface area contributed by atoms with Crippen LogP contribution in [0, 0.1) is 5.92 Å². The number of aliphatic carboxylic acids is 2. The summed E-state index contributed by atoms with van der Waals surface area (Å²) in [7, 11) is 0. The molecule has 0 aliphatic carbocycles. The number of ketones is 1. The second kappa shape index (κ2) is 15.0. The molecule has 2 aliphatic heterocycles. The summed E-state index contributed by atoms with van der Waals surface area (Å²) in [6.45, 7) is 5.30. The summed E-state index contributed by atoms with van der Waals surface area (Å²) in [5, 5.41) is 15.6. The number of carbonyl (C=O) groups excluding carboxylic acids is 1. The normalized spacial score (nSPS) is 15.3. The topological polar surface area (TPSA) is 98.2 Å². The van der Waals surface area contributed by atoms with E-state index in [9.17, 15) is 14.4 Å². The average molecular weight is 555 g/mol. The van der Waals surface area contributed by atoms with Crippen LogP contribution in [0.5, 0.6) is 0 Å². The van der Waals surface area contributed by atoms with Gasteiger partial charge in [0.2, 0.25) is 0 Å². The summed E-state index contributed by atoms with van der Waals surface area (Å²) in [4.78, 5) is 37.0. The van der Waals surface area contributed by atoms with Crippen molar-refractivity contribution in [2.75, 3.05) is 24.5 Å². The van der Waals surface area contributed by atoms with E-state index in [1.807, 2.05) is 6.07 Å². The number of carboxylic acids is 2. The molecular formula is C34H38N2O5. The van der Waals surface area contributed by atoms with Gasteiger partial charge in [0.15, 0.2) is 5.78 Å². The van der Waals surface area contributed by atoms with Crippen molar-refractivity contribution in [1.29, 1.82) is 0 Å². The van der Waals surface area contributed by atoms with E-state index in [1.165, 1.54) is 35.2 Å². The van der Waals surface area contributed by atoms with E-state index in [-0.39, 0.29) is 0 Å². The van der Waals surface area contributed by atoms with Crippen LogP contribution in [-0.4, -0.2) is 52.5 Å². The maximum atomic E-state index is 12.9. The number of piperidine rings is 1. The Kier molecular flexibility index (Phi) is 10.9. The standard InChI is InChI=1S/C30H34N2O.C4H4O4/c33-30(14-11-24-15-18-31(19-16-24)22-25-7-3-1-4-8-25)28-12-13-29-27(21-28)17-20-32(29)23-26-9-5-2-6-10-26;5-3(6)1-2-4(7)8/h1-10,12-13,21,24H,11,14-20,22-23H2;1-2H,(H,5,6)(H,7,8). The summed E-state index contributed by atoms with van der Waals surface area (Å²) in [5.41, 5.74) is 6.24. The molecule has 0 aromatic heterocycles. The fourth-order valence-corrected chi connectivity index (χ4v) is 5.51. The van der Waals surface area contributed by atoms with E-state index in [2.05, 4.69) is 82.6 Å². The van der Waals surface area contributed by atoms with Crippen LogP contribution in [0.1, 0.15) is 52.7 Å². The molecule has 1 fully saturated rings. The number of anilines is 1. The van der Waals surface area contributed by atoms with E-state index in [0.717, 1.165) is 51.1 Å². The molecule has 7 nitrogen and oxygen atoms in total. The second-order valence-electron chi connectivity index (χ2n) is 10.7. The Bertz CT molecular complexity index is 1320. The zero-order valence-corrected chi connectivity index (χ0v) is 23.3. The fourth-order valence-electron chi connectivity index (χ4n) is 5.51. The minimum atomic E-state index is -1.26. The van der Waals surface area contributed by atoms with Crippen molar-refractivity contribution in [3.8, 4) is 0 Å². The summed E-state index contributed by atoms with van der Waals surface area (Å²) in [6, 6.07) is 27.7. The molecule has 5 rings (SSSR count). The summed E-state index contributed by atoms with van der Waals surface area (Å²) < 4.78 is 0. The van der Waals surface area contributed by atoms with Gasteiger partial charge < -0.3 is 15.1 Å². The van der Waals surface area contributed by atoms with Crippen molar-refractivity contribution >= 4 is 23.4 Å². The van der Waals surface area contributed by atoms with Crippen molar-refractivity contribution in [2.24, 2.45) is 5.92 Å². The molecule has 7 heteroatoms. The van der Waals surface area contributed by atoms with Crippen molar-refractivity contribution in [1.82, 2.24) is 4.90 Å². The molecule has 214 valence electrons. The Morgan fingerprint density at radius 2 is 1.34 bits per heavy atom. The first-order chi connectivity index (χ1) is 19.9. The minimum absolute atomic E-state index is 0.311. The van der Waals surface area contributed by atoms with E-state index < -0.39 is 11.9 Å². The number of carbonyl (C=O) groups is 3. The Balaban J connectivity index is 0.000000426. The highest BCUT2D eigenvalue weighted by atomic mass is 16.4. The van der Waals surface area contributed by atoms with Gasteiger partial charge in [-0.1, -0.05) is 60.7 Å². The fraction of sp³-hybridized carbons (Fsp3) is 0.324. The number of rotatable bonds is 10. The Hall–Kier alpha value is -4.23. The SMILES string of the molecule is O=C(CCC1CCN(Cc2ccccc2)CC1)c1ccc2c(c1)CCN2Cc1ccccc1.O=C(O)C=CC(=O)O. The molecule has 0 amide bonds. The lowest BCUT2D eigenvalue weighted by atomic mass is 9.90. The Morgan fingerprint density at radius 1 is 0.756 bits per heavy atom. The number of fused-ring (bicyclic) bond motifs is 1. The summed E-state index contributed by atoms with van der Waals surface area (Å²) in [6.07, 6.45) is 6.26. The number of benzene rings is 3. The van der Waals surface area contributed by atoms with E-state index in [4.69, 9.17) is 10.2 Å². The molecule has 3 aromatic carbocycles. The van der Waals surface area contributed by atoms with E-state index >= 15 is 0 Å². The first kappa shape index (κ1) is 29.7. The number of hydrogen-bond acceptors (Lipinski definition) is 5. The van der Waals surface area contributed by atoms with E-state index in [1.54, 1.807) is 0 Å². The molecule has 0 spiro atoms. The summed E-state index contributed by atoms with van der Waals surface area (Å²) >= 11 is 0. The van der Waals surface area contributed by atoms with Crippen LogP contribution in [-0.2, 0) is 29.1 Å². The van der Waals surface area contributed by atoms with Gasteiger partial charge in [-0.3, -0.25) is 9.69 Å². The van der Waals surface area contributed by atoms with Gasteiger partial charge in [-0.25, -0.2) is 9.59 Å². The third kappa shape index (κ3) is 9.43. The molecule has 3 aromatic rings. The molecule has 1 saturated heterocycles. The van der Waals surface area contributed by atoms with Gasteiger partial charge in [0.1, 0.15) is 0 Å². The highest BCUT2D eigenvalue weighted by Gasteiger charge is 2.23. The second-order valence-corrected chi connectivity index (χ2v) is 10.7. The Morgan fingerprint density at radius 3 is 1.93 bits per heavy atom. The lowest BCUT2D eigenvalue weighted by Crippen LogP contribution is -2.33. The maximum absolute atomic E-state index is 12.9. The largest absolute Gasteiger partial charge is 0.478 e. The van der Waals surface area contributed by atoms with Gasteiger partial charge in [0, 0.05) is 49.5 Å². The molecule has 2 aliphatic rings. The van der Waals surface area contributed by atoms with Crippen LogP contribution in [0.4, 0.5) is 5.69 Å². The van der Waals surface area contributed by atoms with Crippen LogP contribution in [0.2, 0.25) is 0 Å². The third-order valence-electron chi connectivity index (χ3n) is 7.71. The molecule has 0 bridgehead atoms. The lowest BCUT2D eigenvalue weighted by molar-refractivity contribution is -0.134. The van der Waals surface area contributed by atoms with Crippen LogP contribution in [0.3, 0.4) is 0 Å². The number of likely N-dealkylation sites (tertiary alicyclic amines) is 1. The molecule has 2 N–H and O–H groups in total. The quantitative estimate of drug-likeness (QED) is 0.240. The number of carboxylic acid groups (broad SMARTS) is 2. The summed E-state index contributed by atoms with van der Waals surface area (Å²) in [5.74, 6) is -1.53. The van der Waals surface area contributed by atoms with Gasteiger partial charge in [0.05, 0.1) is 0 Å². The highest BCUT2D eigenvalue weighted by molar-refractivity contribution is 5.96. The zero-order chi connectivity index (χ0) is 29.0. The molecule has 0 unspecified atom stereocenters. The smallest absolute Gasteiger partial charge is 0.328 e. The maximum Gasteiger partial charge on any atom is 0.328 e. The Labute approximate surface area is 241 Å². The number of Topliss-reactive ketones (excluding diaryl/α,β-unsaturated/α-hetero) is 1. The molecule has 0 radical (unpaired) electrons. The van der Waals surface area contributed by atoms with Crippen molar-refractivity contribution < 1.29 is 24.6 Å². The van der Waals surface area contributed by atoms with E-state index in [0.29, 0.717) is 30.3 Å². The predicted octanol–water partition coefficient (Wildman–Crippen LogP) is 5.84. The number of nitrogens with zero attached hydrogens (tertiary/aromatic N) is 2. The lowest BCUT2D eigenvalue weighted by Gasteiger charge is -2.32. The van der Waals surface area contributed by atoms with Crippen LogP contribution < -0.4 is 4.90 Å². The van der Waals surface area contributed by atoms with Crippen molar-refractivity contribution in [3.63, 3.8) is 0 Å². The molecule has 41 heavy (non-hydrogen) atoms. The van der Waals surface area contributed by atoms with Gasteiger partial charge in [-0.2, -0.15) is 0 Å².